The molecule has 0 spiro atoms. The Bertz CT molecular complexity index is 615. The highest BCUT2D eigenvalue weighted by Crippen LogP contribution is 2.26. The van der Waals surface area contributed by atoms with Gasteiger partial charge in [0.2, 0.25) is 11.8 Å². The van der Waals surface area contributed by atoms with Crippen molar-refractivity contribution in [2.24, 2.45) is 5.92 Å². The monoisotopic (exact) mass is 322 g/mol. The van der Waals surface area contributed by atoms with Gasteiger partial charge in [0.15, 0.2) is 5.78 Å². The van der Waals surface area contributed by atoms with Gasteiger partial charge >= 0.3 is 0 Å². The van der Waals surface area contributed by atoms with Crippen LogP contribution in [0.5, 0.6) is 0 Å². The molecule has 1 aromatic rings. The van der Waals surface area contributed by atoms with E-state index in [1.165, 1.54) is 0 Å². The number of carbonyl (C=O) groups excluding carboxylic acids is 3. The van der Waals surface area contributed by atoms with Crippen LogP contribution in [0.3, 0.4) is 0 Å². The van der Waals surface area contributed by atoms with Crippen molar-refractivity contribution in [2.45, 2.75) is 26.7 Å². The number of anilines is 1. The fraction of sp³-hybridized carbons (Fsp3) is 0.438. The van der Waals surface area contributed by atoms with Gasteiger partial charge in [0.05, 0.1) is 16.6 Å². The third-order valence-corrected chi connectivity index (χ3v) is 4.16. The number of carbonyl (C=O) groups is 3. The normalized spacial score (nSPS) is 17.7. The Balaban J connectivity index is 2.12. The summed E-state index contributed by atoms with van der Waals surface area (Å²) in [5, 5.41) is 3.11. The lowest BCUT2D eigenvalue weighted by molar-refractivity contribution is -0.128. The van der Waals surface area contributed by atoms with Gasteiger partial charge in [-0.2, -0.15) is 0 Å². The van der Waals surface area contributed by atoms with E-state index in [0.29, 0.717) is 35.8 Å². The minimum atomic E-state index is -0.381. The number of likely N-dealkylation sites (tertiary alicyclic amines) is 1. The summed E-state index contributed by atoms with van der Waals surface area (Å²) in [5.41, 5.74) is 0.924. The molecule has 6 heteroatoms. The Kier molecular flexibility index (Phi) is 5.19. The first-order valence-electron chi connectivity index (χ1n) is 7.37. The van der Waals surface area contributed by atoms with E-state index in [1.54, 1.807) is 30.0 Å². The van der Waals surface area contributed by atoms with Crippen LogP contribution in [0, 0.1) is 5.92 Å². The van der Waals surface area contributed by atoms with Gasteiger partial charge in [0, 0.05) is 31.5 Å². The Labute approximate surface area is 134 Å². The predicted molar refractivity (Wildman–Crippen MR) is 85.1 cm³/mol. The maximum Gasteiger partial charge on any atom is 0.229 e. The number of amides is 2. The quantitative estimate of drug-likeness (QED) is 0.848. The Morgan fingerprint density at radius 3 is 2.68 bits per heavy atom. The molecule has 0 saturated carbocycles. The van der Waals surface area contributed by atoms with Crippen LogP contribution in [-0.2, 0) is 9.59 Å². The lowest BCUT2D eigenvalue weighted by atomic mass is 10.1. The second-order valence-electron chi connectivity index (χ2n) is 5.29. The van der Waals surface area contributed by atoms with Crippen LogP contribution in [0.1, 0.15) is 37.0 Å². The van der Waals surface area contributed by atoms with Crippen LogP contribution in [0.2, 0.25) is 5.02 Å². The Hall–Kier alpha value is -1.88. The third kappa shape index (κ3) is 3.47. The van der Waals surface area contributed by atoms with Crippen LogP contribution in [0.15, 0.2) is 18.2 Å². The van der Waals surface area contributed by atoms with Crippen molar-refractivity contribution in [3.05, 3.63) is 28.8 Å². The number of rotatable bonds is 5. The minimum absolute atomic E-state index is 0.0105. The fourth-order valence-electron chi connectivity index (χ4n) is 2.49. The molecule has 0 radical (unpaired) electrons. The van der Waals surface area contributed by atoms with Crippen molar-refractivity contribution in [1.29, 1.82) is 0 Å². The summed E-state index contributed by atoms with van der Waals surface area (Å²) in [7, 11) is 0. The molecule has 2 amide bonds. The van der Waals surface area contributed by atoms with Gasteiger partial charge in [-0.15, -0.1) is 0 Å². The van der Waals surface area contributed by atoms with E-state index in [4.69, 9.17) is 11.6 Å². The van der Waals surface area contributed by atoms with Crippen molar-refractivity contribution in [3.63, 3.8) is 0 Å². The highest BCUT2D eigenvalue weighted by Gasteiger charge is 2.33. The lowest BCUT2D eigenvalue weighted by Gasteiger charge is -2.14. The van der Waals surface area contributed by atoms with E-state index in [1.807, 2.05) is 6.92 Å². The molecule has 1 fully saturated rings. The summed E-state index contributed by atoms with van der Waals surface area (Å²) in [5.74, 6) is -0.648. The molecule has 1 aliphatic rings. The van der Waals surface area contributed by atoms with E-state index in [-0.39, 0.29) is 29.9 Å². The second kappa shape index (κ2) is 6.92. The van der Waals surface area contributed by atoms with Crippen LogP contribution in [0.25, 0.3) is 0 Å². The van der Waals surface area contributed by atoms with E-state index in [2.05, 4.69) is 5.32 Å². The van der Waals surface area contributed by atoms with Crippen LogP contribution in [0.4, 0.5) is 5.69 Å². The first-order chi connectivity index (χ1) is 10.5. The van der Waals surface area contributed by atoms with Crippen molar-refractivity contribution >= 4 is 34.9 Å². The van der Waals surface area contributed by atoms with Crippen LogP contribution in [-0.4, -0.2) is 35.6 Å². The number of nitrogens with one attached hydrogen (secondary N) is 1. The van der Waals surface area contributed by atoms with E-state index in [9.17, 15) is 14.4 Å². The smallest absolute Gasteiger partial charge is 0.229 e. The first-order valence-corrected chi connectivity index (χ1v) is 7.75. The number of nitrogens with zero attached hydrogens (tertiary/aromatic N) is 1. The molecule has 0 aromatic heterocycles. The molecule has 1 N–H and O–H groups in total. The van der Waals surface area contributed by atoms with E-state index >= 15 is 0 Å². The molecule has 1 heterocycles. The van der Waals surface area contributed by atoms with Crippen molar-refractivity contribution in [1.82, 2.24) is 4.90 Å². The molecule has 118 valence electrons. The van der Waals surface area contributed by atoms with Crippen molar-refractivity contribution in [2.75, 3.05) is 18.4 Å². The van der Waals surface area contributed by atoms with Gasteiger partial charge in [0.1, 0.15) is 0 Å². The highest BCUT2D eigenvalue weighted by molar-refractivity contribution is 6.34. The molecule has 2 rings (SSSR count). The highest BCUT2D eigenvalue weighted by atomic mass is 35.5. The van der Waals surface area contributed by atoms with E-state index in [0.717, 1.165) is 0 Å². The van der Waals surface area contributed by atoms with Gasteiger partial charge in [-0.1, -0.05) is 18.5 Å². The van der Waals surface area contributed by atoms with Crippen LogP contribution < -0.4 is 5.32 Å². The van der Waals surface area contributed by atoms with Gasteiger partial charge in [-0.05, 0) is 25.1 Å². The molecule has 1 aliphatic heterocycles. The summed E-state index contributed by atoms with van der Waals surface area (Å²) in [4.78, 5) is 37.4. The van der Waals surface area contributed by atoms with Crippen molar-refractivity contribution < 1.29 is 14.4 Å². The molecular weight excluding hydrogens is 304 g/mol. The van der Waals surface area contributed by atoms with Gasteiger partial charge < -0.3 is 10.2 Å². The van der Waals surface area contributed by atoms with Crippen molar-refractivity contribution in [3.8, 4) is 0 Å². The summed E-state index contributed by atoms with van der Waals surface area (Å²) >= 11 is 6.08. The summed E-state index contributed by atoms with van der Waals surface area (Å²) in [6.45, 7) is 4.68. The molecule has 22 heavy (non-hydrogen) atoms. The summed E-state index contributed by atoms with van der Waals surface area (Å²) < 4.78 is 0. The second-order valence-corrected chi connectivity index (χ2v) is 5.70. The number of hydrogen-bond donors (Lipinski definition) is 1. The summed E-state index contributed by atoms with van der Waals surface area (Å²) in [6.07, 6.45) is 0.600. The third-order valence-electron chi connectivity index (χ3n) is 3.83. The fourth-order valence-corrected chi connectivity index (χ4v) is 2.65. The molecule has 0 aliphatic carbocycles. The largest absolute Gasteiger partial charge is 0.342 e. The lowest BCUT2D eigenvalue weighted by Crippen LogP contribution is -2.28. The summed E-state index contributed by atoms with van der Waals surface area (Å²) in [6, 6.07) is 4.82. The zero-order valence-corrected chi connectivity index (χ0v) is 13.4. The van der Waals surface area contributed by atoms with Crippen LogP contribution >= 0.6 is 11.6 Å². The number of halogens is 1. The minimum Gasteiger partial charge on any atom is -0.342 e. The van der Waals surface area contributed by atoms with Gasteiger partial charge in [-0.3, -0.25) is 14.4 Å². The zero-order chi connectivity index (χ0) is 16.3. The SMILES string of the molecule is CCC(=O)c1ccc(Cl)c(NC(=O)C2CC(=O)N(CC)C2)c1. The standard InChI is InChI=1S/C16H19ClN2O3/c1-3-14(20)10-5-6-12(17)13(7-10)18-16(22)11-8-15(21)19(4-2)9-11/h5-7,11H,3-4,8-9H2,1-2H3,(H,18,22). The van der Waals surface area contributed by atoms with Gasteiger partial charge in [-0.25, -0.2) is 0 Å². The predicted octanol–water partition coefficient (Wildman–Crippen LogP) is 2.74. The molecular formula is C16H19ClN2O3. The Morgan fingerprint density at radius 2 is 2.09 bits per heavy atom. The molecule has 5 nitrogen and oxygen atoms in total. The average molecular weight is 323 g/mol. The maximum absolute atomic E-state index is 12.3. The Morgan fingerprint density at radius 1 is 1.36 bits per heavy atom. The molecule has 1 aromatic carbocycles. The first kappa shape index (κ1) is 16.5. The molecule has 0 bridgehead atoms. The van der Waals surface area contributed by atoms with Gasteiger partial charge in [0.25, 0.3) is 0 Å². The number of benzene rings is 1. The molecule has 1 saturated heterocycles. The molecule has 1 atom stereocenters. The maximum atomic E-state index is 12.3. The number of Topliss-reactive ketones (excluding diaryl/α,β-unsaturated/α-hetero) is 1. The molecule has 1 unspecified atom stereocenters. The number of ketones is 1. The number of hydrogen-bond acceptors (Lipinski definition) is 3. The average Bonchev–Trinajstić information content (AvgIpc) is 2.89. The van der Waals surface area contributed by atoms with E-state index < -0.39 is 0 Å². The topological polar surface area (TPSA) is 66.5 Å². The zero-order valence-electron chi connectivity index (χ0n) is 12.7.